The maximum atomic E-state index is 13.4. The fraction of sp³-hybridized carbons (Fsp3) is 0.913. The number of carbonyl (C=O) groups is 2. The number of nitrogens with zero attached hydrogens (tertiary/aromatic N) is 1. The molecule has 0 spiro atoms. The summed E-state index contributed by atoms with van der Waals surface area (Å²) in [6.45, 7) is 6.46. The topological polar surface area (TPSA) is 77.1 Å². The number of hydrogen-bond donors (Lipinski definition) is 1. The van der Waals surface area contributed by atoms with Crippen LogP contribution in [0.25, 0.3) is 0 Å². The second-order valence-electron chi connectivity index (χ2n) is 10.2. The monoisotopic (exact) mass is 478 g/mol. The molecule has 2 bridgehead atoms. The molecular formula is C23H37F3N2O5. The van der Waals surface area contributed by atoms with Crippen LogP contribution < -0.4 is 5.32 Å². The maximum absolute atomic E-state index is 13.4. The number of likely N-dealkylation sites (tertiary alicyclic amines) is 1. The molecule has 3 aliphatic heterocycles. The lowest BCUT2D eigenvalue weighted by Gasteiger charge is -2.46. The third-order valence-corrected chi connectivity index (χ3v) is 7.14. The Labute approximate surface area is 193 Å². The van der Waals surface area contributed by atoms with E-state index in [1.807, 2.05) is 0 Å². The fourth-order valence-electron chi connectivity index (χ4n) is 4.91. The third-order valence-electron chi connectivity index (χ3n) is 7.14. The van der Waals surface area contributed by atoms with Crippen molar-refractivity contribution in [3.8, 4) is 0 Å². The number of amides is 2. The summed E-state index contributed by atoms with van der Waals surface area (Å²) in [5.41, 5.74) is -0.0518. The van der Waals surface area contributed by atoms with E-state index in [1.54, 1.807) is 20.8 Å². The molecule has 4 aliphatic rings. The van der Waals surface area contributed by atoms with Gasteiger partial charge < -0.3 is 19.7 Å². The second-order valence-corrected chi connectivity index (χ2v) is 10.2. The Morgan fingerprint density at radius 3 is 2.45 bits per heavy atom. The molecule has 0 aromatic heterocycles. The molecule has 10 heteroatoms. The molecule has 7 nitrogen and oxygen atoms in total. The van der Waals surface area contributed by atoms with Crippen LogP contribution in [0.5, 0.6) is 0 Å². The maximum Gasteiger partial charge on any atom is 0.522 e. The smallest absolute Gasteiger partial charge is 0.378 e. The molecule has 0 radical (unpaired) electrons. The molecule has 3 unspecified atom stereocenters. The first-order valence-corrected chi connectivity index (χ1v) is 12.0. The van der Waals surface area contributed by atoms with Crippen molar-refractivity contribution in [2.24, 2.45) is 17.3 Å². The number of carbonyl (C=O) groups excluding carboxylic acids is 2. The highest BCUT2D eigenvalue weighted by Crippen LogP contribution is 2.43. The Bertz CT molecular complexity index is 666. The van der Waals surface area contributed by atoms with E-state index in [-0.39, 0.29) is 29.7 Å². The van der Waals surface area contributed by atoms with Gasteiger partial charge in [-0.15, -0.1) is 13.2 Å². The van der Waals surface area contributed by atoms with Crippen LogP contribution in [-0.4, -0.2) is 74.2 Å². The van der Waals surface area contributed by atoms with Gasteiger partial charge >= 0.3 is 6.36 Å². The van der Waals surface area contributed by atoms with Crippen molar-refractivity contribution in [3.05, 3.63) is 0 Å². The van der Waals surface area contributed by atoms with E-state index < -0.39 is 31.0 Å². The first kappa shape index (κ1) is 26.2. The van der Waals surface area contributed by atoms with Gasteiger partial charge in [-0.25, -0.2) is 0 Å². The minimum Gasteiger partial charge on any atom is -0.378 e. The number of rotatable bonds is 9. The lowest BCUT2D eigenvalue weighted by Crippen LogP contribution is -2.57. The van der Waals surface area contributed by atoms with Gasteiger partial charge in [-0.1, -0.05) is 13.8 Å². The summed E-state index contributed by atoms with van der Waals surface area (Å²) in [6, 6.07) is -0.903. The molecular weight excluding hydrogens is 441 g/mol. The van der Waals surface area contributed by atoms with Crippen molar-refractivity contribution >= 4 is 11.8 Å². The molecule has 0 aromatic carbocycles. The number of fused-ring (bicyclic) bond motifs is 3. The predicted octanol–water partition coefficient (Wildman–Crippen LogP) is 3.27. The molecule has 4 rings (SSSR count). The lowest BCUT2D eigenvalue weighted by atomic mass is 9.72. The zero-order valence-electron chi connectivity index (χ0n) is 19.8. The molecule has 2 amide bonds. The highest BCUT2D eigenvalue weighted by atomic mass is 19.4. The average molecular weight is 479 g/mol. The van der Waals surface area contributed by atoms with Crippen LogP contribution >= 0.6 is 0 Å². The van der Waals surface area contributed by atoms with Crippen LogP contribution in [0.3, 0.4) is 0 Å². The second kappa shape index (κ2) is 10.9. The van der Waals surface area contributed by atoms with Gasteiger partial charge in [0.2, 0.25) is 11.8 Å². The average Bonchev–Trinajstić information content (AvgIpc) is 2.80. The summed E-state index contributed by atoms with van der Waals surface area (Å²) in [4.78, 5) is 27.4. The van der Waals surface area contributed by atoms with Gasteiger partial charge in [0.25, 0.3) is 0 Å². The van der Waals surface area contributed by atoms with E-state index in [4.69, 9.17) is 9.47 Å². The van der Waals surface area contributed by atoms with E-state index >= 15 is 0 Å². The van der Waals surface area contributed by atoms with Crippen LogP contribution in [-0.2, 0) is 23.8 Å². The SMILES string of the molecule is CC(C)C(=O)NC(C(=O)N1CCCC(COC(F)(F)F)C1)C(C)OCC12CCC(CC1)OC2. The normalized spacial score (nSPS) is 29.7. The van der Waals surface area contributed by atoms with Crippen molar-refractivity contribution in [2.75, 3.05) is 32.9 Å². The molecule has 1 aliphatic carbocycles. The van der Waals surface area contributed by atoms with E-state index in [0.29, 0.717) is 38.7 Å². The first-order valence-electron chi connectivity index (χ1n) is 12.0. The summed E-state index contributed by atoms with van der Waals surface area (Å²) in [5.74, 6) is -1.32. The molecule has 33 heavy (non-hydrogen) atoms. The van der Waals surface area contributed by atoms with Crippen molar-refractivity contribution < 1.29 is 37.0 Å². The Morgan fingerprint density at radius 1 is 1.18 bits per heavy atom. The summed E-state index contributed by atoms with van der Waals surface area (Å²) >= 11 is 0. The zero-order valence-corrected chi connectivity index (χ0v) is 19.8. The summed E-state index contributed by atoms with van der Waals surface area (Å²) in [7, 11) is 0. The standard InChI is InChI=1S/C23H37F3N2O5/c1-15(2)20(29)27-19(16(3)31-13-22-8-6-18(7-9-22)32-14-22)21(30)28-10-4-5-17(11-28)12-33-23(24,25)26/h15-19H,4-14H2,1-3H3,(H,27,29). The number of piperidine rings is 1. The largest absolute Gasteiger partial charge is 0.522 e. The molecule has 4 fully saturated rings. The van der Waals surface area contributed by atoms with Gasteiger partial charge in [0.05, 0.1) is 32.0 Å². The van der Waals surface area contributed by atoms with Crippen LogP contribution in [0.15, 0.2) is 0 Å². The Hall–Kier alpha value is -1.39. The fourth-order valence-corrected chi connectivity index (χ4v) is 4.91. The van der Waals surface area contributed by atoms with Gasteiger partial charge in [-0.2, -0.15) is 0 Å². The molecule has 1 saturated carbocycles. The first-order chi connectivity index (χ1) is 15.5. The highest BCUT2D eigenvalue weighted by molar-refractivity contribution is 5.88. The highest BCUT2D eigenvalue weighted by Gasteiger charge is 2.43. The van der Waals surface area contributed by atoms with Crippen molar-refractivity contribution in [1.29, 1.82) is 0 Å². The molecule has 3 atom stereocenters. The van der Waals surface area contributed by atoms with Crippen LogP contribution in [0.1, 0.15) is 59.3 Å². The van der Waals surface area contributed by atoms with E-state index in [0.717, 1.165) is 25.7 Å². The minimum absolute atomic E-state index is 0.0518. The summed E-state index contributed by atoms with van der Waals surface area (Å²) in [5, 5.41) is 2.81. The predicted molar refractivity (Wildman–Crippen MR) is 114 cm³/mol. The minimum atomic E-state index is -4.69. The van der Waals surface area contributed by atoms with E-state index in [2.05, 4.69) is 10.1 Å². The summed E-state index contributed by atoms with van der Waals surface area (Å²) < 4.78 is 53.3. The van der Waals surface area contributed by atoms with E-state index in [1.165, 1.54) is 4.90 Å². The van der Waals surface area contributed by atoms with Gasteiger partial charge in [0.15, 0.2) is 0 Å². The van der Waals surface area contributed by atoms with Crippen LogP contribution in [0, 0.1) is 17.3 Å². The third kappa shape index (κ3) is 7.29. The number of nitrogens with one attached hydrogen (secondary N) is 1. The lowest BCUT2D eigenvalue weighted by molar-refractivity contribution is -0.329. The van der Waals surface area contributed by atoms with Gasteiger partial charge in [0.1, 0.15) is 6.04 Å². The van der Waals surface area contributed by atoms with Crippen LogP contribution in [0.4, 0.5) is 13.2 Å². The molecule has 3 heterocycles. The van der Waals surface area contributed by atoms with Crippen LogP contribution in [0.2, 0.25) is 0 Å². The summed E-state index contributed by atoms with van der Waals surface area (Å²) in [6.07, 6.45) is 0.279. The molecule has 0 aromatic rings. The quantitative estimate of drug-likeness (QED) is 0.551. The van der Waals surface area contributed by atoms with Gasteiger partial charge in [0, 0.05) is 30.3 Å². The van der Waals surface area contributed by atoms with E-state index in [9.17, 15) is 22.8 Å². The van der Waals surface area contributed by atoms with Crippen molar-refractivity contribution in [3.63, 3.8) is 0 Å². The van der Waals surface area contributed by atoms with Gasteiger partial charge in [-0.05, 0) is 45.4 Å². The number of ether oxygens (including phenoxy) is 3. The number of halogens is 3. The van der Waals surface area contributed by atoms with Crippen molar-refractivity contribution in [2.45, 2.75) is 83.9 Å². The zero-order chi connectivity index (χ0) is 24.2. The molecule has 3 saturated heterocycles. The Kier molecular flexibility index (Phi) is 8.66. The van der Waals surface area contributed by atoms with Gasteiger partial charge in [-0.3, -0.25) is 14.3 Å². The Morgan fingerprint density at radius 2 is 1.88 bits per heavy atom. The van der Waals surface area contributed by atoms with Crippen molar-refractivity contribution in [1.82, 2.24) is 10.2 Å². The Balaban J connectivity index is 1.63. The number of hydrogen-bond acceptors (Lipinski definition) is 5. The molecule has 190 valence electrons. The molecule has 1 N–H and O–H groups in total. The number of alkyl halides is 3.